The number of aromatic nitrogens is 1. The summed E-state index contributed by atoms with van der Waals surface area (Å²) >= 11 is 0. The van der Waals surface area contributed by atoms with Gasteiger partial charge in [0.1, 0.15) is 29.0 Å². The first kappa shape index (κ1) is 17.7. The van der Waals surface area contributed by atoms with Crippen molar-refractivity contribution in [2.45, 2.75) is 12.4 Å². The minimum absolute atomic E-state index is 0.184. The minimum atomic E-state index is -5.35. The van der Waals surface area contributed by atoms with Crippen LogP contribution in [0.4, 0.5) is 42.2 Å². The molecule has 29 heavy (non-hydrogen) atoms. The molecule has 0 bridgehead atoms. The van der Waals surface area contributed by atoms with Crippen LogP contribution < -0.4 is 10.2 Å². The number of likely N-dealkylation sites (N-methyl/N-ethyl adjacent to an activating group) is 1. The van der Waals surface area contributed by atoms with Gasteiger partial charge in [-0.2, -0.15) is 31.6 Å². The molecule has 1 aromatic carbocycles. The quantitative estimate of drug-likeness (QED) is 0.749. The summed E-state index contributed by atoms with van der Waals surface area (Å²) in [6.07, 6.45) is -10.7. The number of anilines is 2. The molecule has 2 aromatic rings. The Morgan fingerprint density at radius 3 is 2.31 bits per heavy atom. The number of carbonyl (C=O) groups is 1. The first-order valence-corrected chi connectivity index (χ1v) is 7.47. The first-order valence-electron chi connectivity index (χ1n) is 8.97. The zero-order valence-corrected chi connectivity index (χ0v) is 14.0. The van der Waals surface area contributed by atoms with Crippen LogP contribution in [0.2, 0.25) is 0 Å². The number of amides is 1. The maximum atomic E-state index is 13.2. The van der Waals surface area contributed by atoms with E-state index in [0.29, 0.717) is 0 Å². The number of carbonyl (C=O) groups excluding carboxylic acids is 1. The van der Waals surface area contributed by atoms with Gasteiger partial charge < -0.3 is 10.2 Å². The van der Waals surface area contributed by atoms with Gasteiger partial charge in [0.05, 0.1) is 12.1 Å². The van der Waals surface area contributed by atoms with Crippen LogP contribution in [0.5, 0.6) is 0 Å². The second-order valence-corrected chi connectivity index (χ2v) is 5.45. The number of pyridine rings is 1. The monoisotopic (exact) mass is 423 g/mol. The van der Waals surface area contributed by atoms with Crippen LogP contribution in [0.3, 0.4) is 0 Å². The van der Waals surface area contributed by atoms with Gasteiger partial charge in [-0.15, -0.1) is 0 Å². The zero-order valence-electron chi connectivity index (χ0n) is 17.0. The summed E-state index contributed by atoms with van der Waals surface area (Å²) in [5.74, 6) is -3.29. The van der Waals surface area contributed by atoms with Crippen LogP contribution in [0, 0.1) is 17.1 Å². The third kappa shape index (κ3) is 5.13. The van der Waals surface area contributed by atoms with E-state index in [1.165, 1.54) is 0 Å². The minimum Gasteiger partial charge on any atom is -0.360 e. The van der Waals surface area contributed by atoms with Crippen molar-refractivity contribution in [2.24, 2.45) is 0 Å². The lowest BCUT2D eigenvalue weighted by Crippen LogP contribution is -2.32. The summed E-state index contributed by atoms with van der Waals surface area (Å²) in [6.45, 7) is -4.27. The molecule has 0 saturated carbocycles. The molecule has 1 N–H and O–H groups in total. The number of rotatable bonds is 4. The maximum Gasteiger partial charge on any atom is 0.433 e. The summed E-state index contributed by atoms with van der Waals surface area (Å²) in [4.78, 5) is 15.6. The second kappa shape index (κ2) is 7.94. The van der Waals surface area contributed by atoms with Gasteiger partial charge >= 0.3 is 12.4 Å². The highest BCUT2D eigenvalue weighted by Gasteiger charge is 2.41. The second-order valence-electron chi connectivity index (χ2n) is 5.45. The van der Waals surface area contributed by atoms with E-state index >= 15 is 0 Å². The van der Waals surface area contributed by atoms with E-state index in [1.807, 2.05) is 5.32 Å². The predicted octanol–water partition coefficient (Wildman–Crippen LogP) is 4.20. The van der Waals surface area contributed by atoms with Crippen LogP contribution >= 0.6 is 0 Å². The Kier molecular flexibility index (Phi) is 4.85. The Labute approximate surface area is 163 Å². The molecule has 0 atom stereocenters. The Bertz CT molecular complexity index is 1040. The standard InChI is InChI=1S/C17H11F7N4O/c1-28(10-4-2-9(18)3-5-10)14(29)8-26-15-11(7-25)12(16(19,20)21)6-13(27-15)17(22,23)24/h2-6H,8H2,1H3,(H,26,27)/i1D3. The fourth-order valence-corrected chi connectivity index (χ4v) is 2.13. The predicted molar refractivity (Wildman–Crippen MR) is 87.3 cm³/mol. The molecule has 1 aromatic heterocycles. The number of nitriles is 1. The van der Waals surface area contributed by atoms with Gasteiger partial charge in [0.25, 0.3) is 0 Å². The molecule has 5 nitrogen and oxygen atoms in total. The van der Waals surface area contributed by atoms with Crippen molar-refractivity contribution in [1.82, 2.24) is 4.98 Å². The molecule has 0 unspecified atom stereocenters. The molecule has 154 valence electrons. The van der Waals surface area contributed by atoms with Crippen LogP contribution in [-0.4, -0.2) is 24.4 Å². The van der Waals surface area contributed by atoms with Gasteiger partial charge in [-0.1, -0.05) is 0 Å². The summed E-state index contributed by atoms with van der Waals surface area (Å²) in [5.41, 5.74) is -5.55. The van der Waals surface area contributed by atoms with Gasteiger partial charge in [0, 0.05) is 16.8 Å². The fraction of sp³-hybridized carbons (Fsp3) is 0.235. The van der Waals surface area contributed by atoms with E-state index in [2.05, 4.69) is 4.98 Å². The van der Waals surface area contributed by atoms with Crippen LogP contribution in [0.25, 0.3) is 0 Å². The molecule has 0 aliphatic rings. The van der Waals surface area contributed by atoms with Gasteiger partial charge in [-0.05, 0) is 30.3 Å². The Hall–Kier alpha value is -3.36. The molecule has 2 rings (SSSR count). The molecule has 0 radical (unpaired) electrons. The molecule has 0 spiro atoms. The van der Waals surface area contributed by atoms with Gasteiger partial charge in [-0.25, -0.2) is 9.37 Å². The molecule has 12 heteroatoms. The highest BCUT2D eigenvalue weighted by Crippen LogP contribution is 2.38. The maximum absolute atomic E-state index is 13.2. The number of hydrogen-bond donors (Lipinski definition) is 1. The highest BCUT2D eigenvalue weighted by atomic mass is 19.4. The van der Waals surface area contributed by atoms with E-state index < -0.39 is 60.2 Å². The fourth-order valence-electron chi connectivity index (χ4n) is 2.13. The number of nitrogens with one attached hydrogen (secondary N) is 1. The molecule has 1 amide bonds. The van der Waals surface area contributed by atoms with Crippen molar-refractivity contribution in [3.05, 3.63) is 53.0 Å². The van der Waals surface area contributed by atoms with Gasteiger partial charge in [0.2, 0.25) is 5.91 Å². The average Bonchev–Trinajstić information content (AvgIpc) is 2.64. The average molecular weight is 423 g/mol. The van der Waals surface area contributed by atoms with Crippen LogP contribution in [0.15, 0.2) is 30.3 Å². The van der Waals surface area contributed by atoms with Crippen molar-refractivity contribution >= 4 is 17.4 Å². The lowest BCUT2D eigenvalue weighted by molar-refractivity contribution is -0.145. The molecule has 0 saturated heterocycles. The van der Waals surface area contributed by atoms with E-state index in [4.69, 9.17) is 9.37 Å². The molecule has 1 heterocycles. The largest absolute Gasteiger partial charge is 0.433 e. The summed E-state index contributed by atoms with van der Waals surface area (Å²) in [7, 11) is 0. The lowest BCUT2D eigenvalue weighted by atomic mass is 10.1. The number of nitrogens with zero attached hydrogens (tertiary/aromatic N) is 3. The van der Waals surface area contributed by atoms with Gasteiger partial charge in [0.15, 0.2) is 0 Å². The number of benzene rings is 1. The van der Waals surface area contributed by atoms with Crippen molar-refractivity contribution in [2.75, 3.05) is 23.7 Å². The van der Waals surface area contributed by atoms with Crippen molar-refractivity contribution in [3.63, 3.8) is 0 Å². The van der Waals surface area contributed by atoms with Crippen molar-refractivity contribution in [3.8, 4) is 6.07 Å². The molecule has 0 aliphatic heterocycles. The van der Waals surface area contributed by atoms with Crippen molar-refractivity contribution < 1.29 is 39.6 Å². The Morgan fingerprint density at radius 1 is 1.21 bits per heavy atom. The Balaban J connectivity index is 2.46. The third-order valence-corrected chi connectivity index (χ3v) is 3.47. The van der Waals surface area contributed by atoms with Crippen LogP contribution in [-0.2, 0) is 17.1 Å². The molecule has 0 fully saturated rings. The van der Waals surface area contributed by atoms with E-state index in [1.54, 1.807) is 0 Å². The van der Waals surface area contributed by atoms with Crippen molar-refractivity contribution in [1.29, 1.82) is 5.26 Å². The lowest BCUT2D eigenvalue weighted by Gasteiger charge is -2.19. The third-order valence-electron chi connectivity index (χ3n) is 3.47. The van der Waals surface area contributed by atoms with E-state index in [0.717, 1.165) is 30.3 Å². The summed E-state index contributed by atoms with van der Waals surface area (Å²) in [6, 6.07) is 4.28. The normalized spacial score (nSPS) is 13.7. The number of hydrogen-bond acceptors (Lipinski definition) is 4. The SMILES string of the molecule is [2H]C([2H])([2H])N(C(=O)CNc1nc(C(F)(F)F)cc(C(F)(F)F)c1C#N)c1ccc(F)cc1. The summed E-state index contributed by atoms with van der Waals surface area (Å²) < 4.78 is 114. The molecule has 0 aliphatic carbocycles. The van der Waals surface area contributed by atoms with Gasteiger partial charge in [-0.3, -0.25) is 4.79 Å². The van der Waals surface area contributed by atoms with Crippen LogP contribution in [0.1, 0.15) is 20.9 Å². The molecular formula is C17H11F7N4O. The smallest absolute Gasteiger partial charge is 0.360 e. The first-order chi connectivity index (χ1) is 14.6. The zero-order chi connectivity index (χ0) is 24.5. The number of alkyl halides is 6. The highest BCUT2D eigenvalue weighted by molar-refractivity contribution is 5.95. The van der Waals surface area contributed by atoms with E-state index in [9.17, 15) is 35.5 Å². The molecular weight excluding hydrogens is 409 g/mol. The Morgan fingerprint density at radius 2 is 1.83 bits per heavy atom. The van der Waals surface area contributed by atoms with E-state index in [-0.39, 0.29) is 16.7 Å². The summed E-state index contributed by atoms with van der Waals surface area (Å²) in [5, 5.41) is 10.9. The number of halogens is 7. The topological polar surface area (TPSA) is 69.0 Å².